The van der Waals surface area contributed by atoms with Crippen LogP contribution in [0.5, 0.6) is 0 Å². The predicted octanol–water partition coefficient (Wildman–Crippen LogP) is 4.49. The molecule has 0 aliphatic heterocycles. The van der Waals surface area contributed by atoms with Gasteiger partial charge in [0.15, 0.2) is 0 Å². The molecule has 2 aromatic carbocycles. The second-order valence-corrected chi connectivity index (χ2v) is 7.10. The van der Waals surface area contributed by atoms with Gasteiger partial charge in [0, 0.05) is 10.7 Å². The van der Waals surface area contributed by atoms with Crippen LogP contribution in [0, 0.1) is 5.41 Å². The number of aliphatic carboxylic acids is 1. The van der Waals surface area contributed by atoms with Gasteiger partial charge >= 0.3 is 5.97 Å². The Bertz CT molecular complexity index is 814. The van der Waals surface area contributed by atoms with Gasteiger partial charge in [-0.15, -0.1) is 0 Å². The summed E-state index contributed by atoms with van der Waals surface area (Å²) in [7, 11) is 0. The van der Waals surface area contributed by atoms with Gasteiger partial charge in [-0.05, 0) is 55.5 Å². The first kappa shape index (κ1) is 17.5. The van der Waals surface area contributed by atoms with Crippen LogP contribution in [0.25, 0.3) is 0 Å². The molecular formula is C20H20ClNO3. The zero-order valence-corrected chi connectivity index (χ0v) is 14.7. The molecular weight excluding hydrogens is 338 g/mol. The molecule has 0 spiro atoms. The molecule has 1 atom stereocenters. The number of carbonyl (C=O) groups excluding carboxylic acids is 1. The van der Waals surface area contributed by atoms with Crippen LogP contribution in [-0.4, -0.2) is 17.0 Å². The second-order valence-electron chi connectivity index (χ2n) is 6.69. The number of nitrogens with one attached hydrogen (secondary N) is 1. The van der Waals surface area contributed by atoms with Crippen molar-refractivity contribution in [3.63, 3.8) is 0 Å². The maximum atomic E-state index is 12.8. The molecule has 3 rings (SSSR count). The van der Waals surface area contributed by atoms with E-state index in [0.29, 0.717) is 22.7 Å². The number of anilines is 1. The maximum Gasteiger partial charge on any atom is 0.310 e. The van der Waals surface area contributed by atoms with Crippen LogP contribution in [0.3, 0.4) is 0 Å². The molecule has 2 aromatic rings. The molecule has 0 aromatic heterocycles. The maximum absolute atomic E-state index is 12.8. The topological polar surface area (TPSA) is 66.4 Å². The van der Waals surface area contributed by atoms with Gasteiger partial charge in [-0.3, -0.25) is 9.59 Å². The summed E-state index contributed by atoms with van der Waals surface area (Å²) in [5.41, 5.74) is 1.85. The van der Waals surface area contributed by atoms with Gasteiger partial charge in [0.2, 0.25) is 5.91 Å². The normalized spacial score (nSPS) is 16.1. The number of hydrogen-bond acceptors (Lipinski definition) is 2. The van der Waals surface area contributed by atoms with Crippen LogP contribution in [0.1, 0.15) is 36.8 Å². The van der Waals surface area contributed by atoms with E-state index in [4.69, 9.17) is 16.7 Å². The van der Waals surface area contributed by atoms with E-state index in [0.717, 1.165) is 18.4 Å². The summed E-state index contributed by atoms with van der Waals surface area (Å²) in [5, 5.41) is 12.8. The lowest BCUT2D eigenvalue weighted by molar-refractivity contribution is -0.138. The van der Waals surface area contributed by atoms with Gasteiger partial charge in [0.1, 0.15) is 0 Å². The molecule has 25 heavy (non-hydrogen) atoms. The summed E-state index contributed by atoms with van der Waals surface area (Å²) in [6, 6.07) is 14.6. The van der Waals surface area contributed by atoms with Crippen molar-refractivity contribution in [2.45, 2.75) is 32.1 Å². The Balaban J connectivity index is 1.73. The summed E-state index contributed by atoms with van der Waals surface area (Å²) >= 11 is 6.22. The van der Waals surface area contributed by atoms with Crippen molar-refractivity contribution in [1.29, 1.82) is 0 Å². The Kier molecular flexibility index (Phi) is 4.82. The van der Waals surface area contributed by atoms with E-state index in [-0.39, 0.29) is 5.91 Å². The Morgan fingerprint density at radius 2 is 1.92 bits per heavy atom. The number of carbonyl (C=O) groups is 2. The molecule has 2 N–H and O–H groups in total. The van der Waals surface area contributed by atoms with E-state index >= 15 is 0 Å². The standard InChI is InChI=1S/C20H20ClNO3/c1-13(18(23)24)14-6-4-7-16(11-14)22-19(25)20(9-10-20)12-15-5-2-3-8-17(15)21/h2-8,11,13H,9-10,12H2,1H3,(H,22,25)(H,23,24). The lowest BCUT2D eigenvalue weighted by atomic mass is 9.95. The molecule has 0 saturated heterocycles. The summed E-state index contributed by atoms with van der Waals surface area (Å²) in [5.74, 6) is -1.54. The van der Waals surface area contributed by atoms with Crippen molar-refractivity contribution in [2.24, 2.45) is 5.41 Å². The molecule has 5 heteroatoms. The molecule has 1 amide bonds. The zero-order chi connectivity index (χ0) is 18.0. The number of carboxylic acid groups (broad SMARTS) is 1. The molecule has 0 heterocycles. The van der Waals surface area contributed by atoms with Crippen molar-refractivity contribution >= 4 is 29.2 Å². The van der Waals surface area contributed by atoms with Crippen molar-refractivity contribution in [3.05, 3.63) is 64.7 Å². The highest BCUT2D eigenvalue weighted by molar-refractivity contribution is 6.31. The molecule has 1 saturated carbocycles. The van der Waals surface area contributed by atoms with E-state index < -0.39 is 17.3 Å². The fourth-order valence-electron chi connectivity index (χ4n) is 2.93. The quantitative estimate of drug-likeness (QED) is 0.800. The first-order valence-electron chi connectivity index (χ1n) is 8.29. The number of carboxylic acids is 1. The molecule has 0 bridgehead atoms. The van der Waals surface area contributed by atoms with Crippen molar-refractivity contribution < 1.29 is 14.7 Å². The Labute approximate surface area is 151 Å². The van der Waals surface area contributed by atoms with E-state index in [2.05, 4.69) is 5.32 Å². The van der Waals surface area contributed by atoms with Gasteiger partial charge in [-0.2, -0.15) is 0 Å². The largest absolute Gasteiger partial charge is 0.481 e. The van der Waals surface area contributed by atoms with Crippen LogP contribution < -0.4 is 5.32 Å². The summed E-state index contributed by atoms with van der Waals surface area (Å²) < 4.78 is 0. The lowest BCUT2D eigenvalue weighted by Crippen LogP contribution is -2.26. The highest BCUT2D eigenvalue weighted by atomic mass is 35.5. The smallest absolute Gasteiger partial charge is 0.310 e. The highest BCUT2D eigenvalue weighted by Crippen LogP contribution is 2.50. The molecule has 1 unspecified atom stereocenters. The van der Waals surface area contributed by atoms with Crippen LogP contribution in [0.15, 0.2) is 48.5 Å². The number of rotatable bonds is 6. The van der Waals surface area contributed by atoms with Gasteiger partial charge in [0.05, 0.1) is 11.3 Å². The molecule has 4 nitrogen and oxygen atoms in total. The minimum Gasteiger partial charge on any atom is -0.481 e. The van der Waals surface area contributed by atoms with E-state index in [1.54, 1.807) is 31.2 Å². The average molecular weight is 358 g/mol. The van der Waals surface area contributed by atoms with Gasteiger partial charge in [-0.25, -0.2) is 0 Å². The summed E-state index contributed by atoms with van der Waals surface area (Å²) in [6.45, 7) is 1.63. The Morgan fingerprint density at radius 1 is 1.20 bits per heavy atom. The van der Waals surface area contributed by atoms with E-state index in [1.807, 2.05) is 24.3 Å². The van der Waals surface area contributed by atoms with E-state index in [1.165, 1.54) is 0 Å². The number of halogens is 1. The van der Waals surface area contributed by atoms with Gasteiger partial charge < -0.3 is 10.4 Å². The van der Waals surface area contributed by atoms with Crippen molar-refractivity contribution in [1.82, 2.24) is 0 Å². The van der Waals surface area contributed by atoms with Crippen LogP contribution >= 0.6 is 11.6 Å². The number of benzene rings is 2. The van der Waals surface area contributed by atoms with Gasteiger partial charge in [0.25, 0.3) is 0 Å². The first-order chi connectivity index (χ1) is 11.9. The average Bonchev–Trinajstić information content (AvgIpc) is 3.37. The fraction of sp³-hybridized carbons (Fsp3) is 0.300. The third-order valence-corrected chi connectivity index (χ3v) is 5.21. The number of hydrogen-bond donors (Lipinski definition) is 2. The molecule has 1 aliphatic rings. The second kappa shape index (κ2) is 6.89. The van der Waals surface area contributed by atoms with Crippen LogP contribution in [0.4, 0.5) is 5.69 Å². The third-order valence-electron chi connectivity index (χ3n) is 4.84. The molecule has 1 fully saturated rings. The lowest BCUT2D eigenvalue weighted by Gasteiger charge is -2.17. The Hall–Kier alpha value is -2.33. The predicted molar refractivity (Wildman–Crippen MR) is 97.9 cm³/mol. The van der Waals surface area contributed by atoms with E-state index in [9.17, 15) is 9.59 Å². The van der Waals surface area contributed by atoms with Crippen LogP contribution in [-0.2, 0) is 16.0 Å². The minimum atomic E-state index is -0.888. The highest BCUT2D eigenvalue weighted by Gasteiger charge is 2.49. The molecule has 1 aliphatic carbocycles. The first-order valence-corrected chi connectivity index (χ1v) is 8.67. The SMILES string of the molecule is CC(C(=O)O)c1cccc(NC(=O)C2(Cc3ccccc3Cl)CC2)c1. The zero-order valence-electron chi connectivity index (χ0n) is 14.0. The monoisotopic (exact) mass is 357 g/mol. The third kappa shape index (κ3) is 3.85. The number of amides is 1. The fourth-order valence-corrected chi connectivity index (χ4v) is 3.14. The van der Waals surface area contributed by atoms with Gasteiger partial charge in [-0.1, -0.05) is 41.9 Å². The summed E-state index contributed by atoms with van der Waals surface area (Å²) in [4.78, 5) is 23.9. The molecule has 130 valence electrons. The van der Waals surface area contributed by atoms with Crippen LogP contribution in [0.2, 0.25) is 5.02 Å². The van der Waals surface area contributed by atoms with Crippen molar-refractivity contribution in [3.8, 4) is 0 Å². The van der Waals surface area contributed by atoms with Crippen molar-refractivity contribution in [2.75, 3.05) is 5.32 Å². The molecule has 0 radical (unpaired) electrons. The summed E-state index contributed by atoms with van der Waals surface area (Å²) in [6.07, 6.45) is 2.27. The minimum absolute atomic E-state index is 0.0347. The Morgan fingerprint density at radius 3 is 2.56 bits per heavy atom.